The van der Waals surface area contributed by atoms with E-state index in [-0.39, 0.29) is 22.3 Å². The number of carboxylic acid groups (broad SMARTS) is 1. The smallest absolute Gasteiger partial charge is 0.334 e. The maximum Gasteiger partial charge on any atom is 0.334 e. The first kappa shape index (κ1) is 16.1. The summed E-state index contributed by atoms with van der Waals surface area (Å²) in [4.78, 5) is 32.7. The van der Waals surface area contributed by atoms with Gasteiger partial charge in [0.05, 0.1) is 17.0 Å². The third-order valence-electron chi connectivity index (χ3n) is 2.43. The van der Waals surface area contributed by atoms with Gasteiger partial charge in [-0.3, -0.25) is 14.9 Å². The van der Waals surface area contributed by atoms with Crippen LogP contribution in [0.5, 0.6) is 0 Å². The zero-order chi connectivity index (χ0) is 15.3. The lowest BCUT2D eigenvalue weighted by atomic mass is 10.2. The first-order valence-electron chi connectivity index (χ1n) is 5.35. The van der Waals surface area contributed by atoms with E-state index in [9.17, 15) is 19.7 Å². The second-order valence-electron chi connectivity index (χ2n) is 3.67. The number of amides is 1. The molecule has 0 aliphatic rings. The van der Waals surface area contributed by atoms with Crippen molar-refractivity contribution in [3.63, 3.8) is 0 Å². The quantitative estimate of drug-likeness (QED) is 0.589. The van der Waals surface area contributed by atoms with Gasteiger partial charge in [0.25, 0.3) is 11.6 Å². The molecule has 0 bridgehead atoms. The second-order valence-corrected chi connectivity index (χ2v) is 4.46. The first-order valence-corrected chi connectivity index (χ1v) is 6.14. The van der Waals surface area contributed by atoms with Gasteiger partial charge in [-0.25, -0.2) is 4.79 Å². The molecule has 108 valence electrons. The average molecular weight is 347 g/mol. The summed E-state index contributed by atoms with van der Waals surface area (Å²) in [7, 11) is 1.20. The number of rotatable bonds is 6. The fourth-order valence-electron chi connectivity index (χ4n) is 1.39. The van der Waals surface area contributed by atoms with Crippen molar-refractivity contribution >= 4 is 33.5 Å². The van der Waals surface area contributed by atoms with E-state index in [1.807, 2.05) is 0 Å². The van der Waals surface area contributed by atoms with Crippen LogP contribution in [0, 0.1) is 10.1 Å². The fraction of sp³-hybridized carbons (Fsp3) is 0.273. The topological polar surface area (TPSA) is 119 Å². The monoisotopic (exact) mass is 346 g/mol. The van der Waals surface area contributed by atoms with Crippen LogP contribution in [-0.4, -0.2) is 41.7 Å². The van der Waals surface area contributed by atoms with Crippen LogP contribution in [0.25, 0.3) is 0 Å². The molecule has 0 aliphatic heterocycles. The first-order chi connectivity index (χ1) is 9.38. The molecule has 1 amide bonds. The molecule has 0 saturated heterocycles. The van der Waals surface area contributed by atoms with Gasteiger partial charge in [0.2, 0.25) is 0 Å². The number of carboxylic acids is 1. The van der Waals surface area contributed by atoms with E-state index in [0.717, 1.165) is 0 Å². The number of hydrogen-bond acceptors (Lipinski definition) is 5. The average Bonchev–Trinajstić information content (AvgIpc) is 2.38. The molecule has 0 aromatic heterocycles. The summed E-state index contributed by atoms with van der Waals surface area (Å²) in [5.74, 6) is -1.85. The molecule has 0 radical (unpaired) electrons. The Hall–Kier alpha value is -2.00. The molecule has 0 spiro atoms. The Bertz CT molecular complexity index is 548. The number of benzene rings is 1. The predicted octanol–water partition coefficient (Wildman–Crippen LogP) is 1.19. The largest absolute Gasteiger partial charge is 0.479 e. The van der Waals surface area contributed by atoms with Gasteiger partial charge in [-0.2, -0.15) is 0 Å². The number of ether oxygens (including phenoxy) is 1. The minimum atomic E-state index is -1.22. The summed E-state index contributed by atoms with van der Waals surface area (Å²) < 4.78 is 4.69. The highest BCUT2D eigenvalue weighted by Gasteiger charge is 2.22. The van der Waals surface area contributed by atoms with E-state index >= 15 is 0 Å². The summed E-state index contributed by atoms with van der Waals surface area (Å²) in [5.41, 5.74) is -0.210. The van der Waals surface area contributed by atoms with Crippen LogP contribution in [0.3, 0.4) is 0 Å². The van der Waals surface area contributed by atoms with E-state index in [4.69, 9.17) is 5.11 Å². The van der Waals surface area contributed by atoms with Crippen LogP contribution in [0.2, 0.25) is 0 Å². The number of methoxy groups -OCH3 is 1. The summed E-state index contributed by atoms with van der Waals surface area (Å²) in [6, 6.07) is 3.99. The number of aliphatic carboxylic acids is 1. The lowest BCUT2D eigenvalue weighted by Crippen LogP contribution is -2.37. The molecule has 2 N–H and O–H groups in total. The zero-order valence-corrected chi connectivity index (χ0v) is 11.9. The van der Waals surface area contributed by atoms with Crippen molar-refractivity contribution in [2.75, 3.05) is 13.7 Å². The van der Waals surface area contributed by atoms with Gasteiger partial charge >= 0.3 is 5.97 Å². The summed E-state index contributed by atoms with van der Waals surface area (Å²) in [6.45, 7) is -0.250. The predicted molar refractivity (Wildman–Crippen MR) is 71.6 cm³/mol. The van der Waals surface area contributed by atoms with Gasteiger partial charge < -0.3 is 15.2 Å². The van der Waals surface area contributed by atoms with Crippen LogP contribution in [0.15, 0.2) is 22.7 Å². The lowest BCUT2D eigenvalue weighted by Gasteiger charge is -2.12. The van der Waals surface area contributed by atoms with Crippen molar-refractivity contribution < 1.29 is 24.4 Å². The maximum absolute atomic E-state index is 11.9. The Kier molecular flexibility index (Phi) is 5.59. The fourth-order valence-corrected chi connectivity index (χ4v) is 1.98. The Morgan fingerprint density at radius 2 is 2.20 bits per heavy atom. The van der Waals surface area contributed by atoms with Crippen molar-refractivity contribution in [1.29, 1.82) is 0 Å². The van der Waals surface area contributed by atoms with Crippen molar-refractivity contribution in [2.45, 2.75) is 6.10 Å². The second kappa shape index (κ2) is 6.96. The molecule has 1 atom stereocenters. The van der Waals surface area contributed by atoms with Crippen molar-refractivity contribution in [3.8, 4) is 0 Å². The summed E-state index contributed by atoms with van der Waals surface area (Å²) in [6.07, 6.45) is -1.18. The molecule has 20 heavy (non-hydrogen) atoms. The molecule has 1 unspecified atom stereocenters. The molecular formula is C11H11BrN2O6. The van der Waals surface area contributed by atoms with Crippen LogP contribution in [-0.2, 0) is 9.53 Å². The Morgan fingerprint density at radius 3 is 2.70 bits per heavy atom. The highest BCUT2D eigenvalue weighted by Crippen LogP contribution is 2.28. The number of carbonyl (C=O) groups excluding carboxylic acids is 1. The zero-order valence-electron chi connectivity index (χ0n) is 10.3. The van der Waals surface area contributed by atoms with Crippen molar-refractivity contribution in [2.24, 2.45) is 0 Å². The summed E-state index contributed by atoms with van der Waals surface area (Å²) >= 11 is 2.99. The maximum atomic E-state index is 11.9. The molecule has 1 aromatic carbocycles. The molecule has 1 rings (SSSR count). The van der Waals surface area contributed by atoms with Crippen molar-refractivity contribution in [1.82, 2.24) is 5.32 Å². The van der Waals surface area contributed by atoms with Gasteiger partial charge in [0.15, 0.2) is 6.10 Å². The van der Waals surface area contributed by atoms with E-state index < -0.39 is 22.9 Å². The number of nitrogens with zero attached hydrogens (tertiary/aromatic N) is 1. The summed E-state index contributed by atoms with van der Waals surface area (Å²) in [5, 5.41) is 21.8. The van der Waals surface area contributed by atoms with E-state index in [0.29, 0.717) is 0 Å². The SMILES string of the molecule is COC(CNC(=O)c1cccc([N+](=O)[O-])c1Br)C(=O)O. The van der Waals surface area contributed by atoms with E-state index in [1.165, 1.54) is 25.3 Å². The van der Waals surface area contributed by atoms with Gasteiger partial charge in [0, 0.05) is 13.2 Å². The van der Waals surface area contributed by atoms with Gasteiger partial charge in [0.1, 0.15) is 4.47 Å². The van der Waals surface area contributed by atoms with Gasteiger partial charge in [-0.1, -0.05) is 6.07 Å². The third kappa shape index (κ3) is 3.75. The molecule has 0 heterocycles. The Balaban J connectivity index is 2.86. The molecule has 1 aromatic rings. The van der Waals surface area contributed by atoms with Crippen molar-refractivity contribution in [3.05, 3.63) is 38.3 Å². The molecule has 0 saturated carbocycles. The number of nitro groups is 1. The van der Waals surface area contributed by atoms with Crippen LogP contribution >= 0.6 is 15.9 Å². The number of hydrogen-bond donors (Lipinski definition) is 2. The van der Waals surface area contributed by atoms with Crippen LogP contribution < -0.4 is 5.32 Å². The molecule has 8 nitrogen and oxygen atoms in total. The minimum absolute atomic E-state index is 0.0341. The normalized spacial score (nSPS) is 11.7. The number of nitro benzene ring substituents is 1. The Labute approximate surface area is 122 Å². The molecule has 9 heteroatoms. The highest BCUT2D eigenvalue weighted by molar-refractivity contribution is 9.10. The van der Waals surface area contributed by atoms with Gasteiger partial charge in [-0.05, 0) is 22.0 Å². The molecule has 0 fully saturated rings. The minimum Gasteiger partial charge on any atom is -0.479 e. The lowest BCUT2D eigenvalue weighted by molar-refractivity contribution is -0.385. The third-order valence-corrected chi connectivity index (χ3v) is 3.26. The number of nitrogens with one attached hydrogen (secondary N) is 1. The van der Waals surface area contributed by atoms with Gasteiger partial charge in [-0.15, -0.1) is 0 Å². The molecule has 0 aliphatic carbocycles. The molecular weight excluding hydrogens is 336 g/mol. The standard InChI is InChI=1S/C11H11BrN2O6/c1-20-8(11(16)17)5-13-10(15)6-3-2-4-7(9(6)12)14(18)19/h2-4,8H,5H2,1H3,(H,13,15)(H,16,17). The van der Waals surface area contributed by atoms with Crippen LogP contribution in [0.1, 0.15) is 10.4 Å². The van der Waals surface area contributed by atoms with E-state index in [2.05, 4.69) is 26.0 Å². The highest BCUT2D eigenvalue weighted by atomic mass is 79.9. The number of carbonyl (C=O) groups is 2. The Morgan fingerprint density at radius 1 is 1.55 bits per heavy atom. The van der Waals surface area contributed by atoms with Crippen LogP contribution in [0.4, 0.5) is 5.69 Å². The van der Waals surface area contributed by atoms with E-state index in [1.54, 1.807) is 0 Å². The number of halogens is 1.